The quantitative estimate of drug-likeness (QED) is 0.384. The third-order valence-corrected chi connectivity index (χ3v) is 7.38. The molecule has 0 radical (unpaired) electrons. The molecule has 2 heterocycles. The number of thiazole rings is 1. The monoisotopic (exact) mass is 492 g/mol. The van der Waals surface area contributed by atoms with Gasteiger partial charge >= 0.3 is 0 Å². The Morgan fingerprint density at radius 2 is 1.91 bits per heavy atom. The summed E-state index contributed by atoms with van der Waals surface area (Å²) in [6, 6.07) is 20.4. The van der Waals surface area contributed by atoms with Crippen LogP contribution in [0.3, 0.4) is 0 Å². The number of nitrogens with one attached hydrogen (secondary N) is 1. The van der Waals surface area contributed by atoms with Crippen LogP contribution >= 0.6 is 23.6 Å². The van der Waals surface area contributed by atoms with Crippen LogP contribution in [0.25, 0.3) is 21.0 Å². The second kappa shape index (κ2) is 10.2. The zero-order valence-electron chi connectivity index (χ0n) is 19.1. The second-order valence-electron chi connectivity index (χ2n) is 8.57. The molecule has 34 heavy (non-hydrogen) atoms. The fourth-order valence-corrected chi connectivity index (χ4v) is 5.42. The normalized spacial score (nSPS) is 15.5. The number of aliphatic hydroxyl groups excluding tert-OH is 1. The molecule has 2 N–H and O–H groups in total. The molecule has 0 bridgehead atoms. The Labute approximate surface area is 208 Å². The number of hydrogen-bond acceptors (Lipinski definition) is 6. The van der Waals surface area contributed by atoms with Crippen molar-refractivity contribution in [3.05, 3.63) is 65.7 Å². The van der Waals surface area contributed by atoms with Gasteiger partial charge in [-0.2, -0.15) is 0 Å². The van der Waals surface area contributed by atoms with E-state index in [1.165, 1.54) is 5.39 Å². The van der Waals surface area contributed by atoms with Gasteiger partial charge in [0.1, 0.15) is 18.5 Å². The maximum absolute atomic E-state index is 10.5. The molecule has 1 saturated heterocycles. The van der Waals surface area contributed by atoms with Gasteiger partial charge in [-0.15, -0.1) is 11.3 Å². The Hall–Kier alpha value is -2.78. The van der Waals surface area contributed by atoms with Crippen LogP contribution < -0.4 is 10.1 Å². The van der Waals surface area contributed by atoms with Gasteiger partial charge < -0.3 is 20.1 Å². The number of benzene rings is 3. The Kier molecular flexibility index (Phi) is 6.92. The smallest absolute Gasteiger partial charge is 0.173 e. The molecular formula is C26H28N4O2S2. The van der Waals surface area contributed by atoms with E-state index in [9.17, 15) is 5.11 Å². The number of hydrogen-bond donors (Lipinski definition) is 2. The van der Waals surface area contributed by atoms with Crippen molar-refractivity contribution >= 4 is 55.3 Å². The number of β-amino-alcohol motifs (C(OH)–C–C–N with tert-alkyl or cyclic N) is 1. The van der Waals surface area contributed by atoms with Crippen molar-refractivity contribution in [1.29, 1.82) is 0 Å². The molecule has 0 unspecified atom stereocenters. The molecule has 1 aliphatic rings. The average molecular weight is 493 g/mol. The molecule has 176 valence electrons. The van der Waals surface area contributed by atoms with Gasteiger partial charge in [0.2, 0.25) is 0 Å². The van der Waals surface area contributed by atoms with E-state index >= 15 is 0 Å². The third kappa shape index (κ3) is 5.31. The van der Waals surface area contributed by atoms with E-state index in [0.29, 0.717) is 6.54 Å². The van der Waals surface area contributed by atoms with Crippen molar-refractivity contribution in [2.24, 2.45) is 0 Å². The topological polar surface area (TPSA) is 60.9 Å². The van der Waals surface area contributed by atoms with Crippen LogP contribution in [-0.2, 0) is 0 Å². The molecule has 1 atom stereocenters. The number of aromatic nitrogens is 1. The number of fused-ring (bicyclic) bond motifs is 2. The van der Waals surface area contributed by atoms with Crippen LogP contribution in [0.4, 0.5) is 5.69 Å². The van der Waals surface area contributed by atoms with Gasteiger partial charge in [-0.3, -0.25) is 4.90 Å². The van der Waals surface area contributed by atoms with Gasteiger partial charge in [-0.05, 0) is 42.7 Å². The SMILES string of the molecule is Cc1nc2cc(OC[C@H](O)CN3CCN(C(=S)Nc4cccc5ccccc45)CC3)ccc2s1. The third-order valence-electron chi connectivity index (χ3n) is 6.07. The zero-order chi connectivity index (χ0) is 23.5. The fraction of sp³-hybridized carbons (Fsp3) is 0.308. The predicted octanol–water partition coefficient (Wildman–Crippen LogP) is 4.51. The molecule has 0 aliphatic carbocycles. The van der Waals surface area contributed by atoms with Crippen molar-refractivity contribution in [3.8, 4) is 5.75 Å². The minimum atomic E-state index is -0.555. The lowest BCUT2D eigenvalue weighted by molar-refractivity contribution is 0.0559. The molecular weight excluding hydrogens is 464 g/mol. The van der Waals surface area contributed by atoms with Crippen molar-refractivity contribution in [3.63, 3.8) is 0 Å². The Bertz CT molecular complexity index is 1300. The van der Waals surface area contributed by atoms with E-state index < -0.39 is 6.10 Å². The lowest BCUT2D eigenvalue weighted by atomic mass is 10.1. The molecule has 0 saturated carbocycles. The summed E-state index contributed by atoms with van der Waals surface area (Å²) < 4.78 is 6.98. The highest BCUT2D eigenvalue weighted by Crippen LogP contribution is 2.26. The molecule has 1 fully saturated rings. The molecule has 8 heteroatoms. The lowest BCUT2D eigenvalue weighted by Gasteiger charge is -2.37. The summed E-state index contributed by atoms with van der Waals surface area (Å²) in [7, 11) is 0. The molecule has 0 amide bonds. The number of thiocarbonyl (C=S) groups is 1. The van der Waals surface area contributed by atoms with Crippen molar-refractivity contribution < 1.29 is 9.84 Å². The van der Waals surface area contributed by atoms with Gasteiger partial charge in [0, 0.05) is 49.9 Å². The number of ether oxygens (including phenoxy) is 1. The first-order chi connectivity index (χ1) is 16.5. The summed E-state index contributed by atoms with van der Waals surface area (Å²) in [5.74, 6) is 0.742. The highest BCUT2D eigenvalue weighted by atomic mass is 32.1. The highest BCUT2D eigenvalue weighted by molar-refractivity contribution is 7.80. The van der Waals surface area contributed by atoms with E-state index in [2.05, 4.69) is 44.4 Å². The van der Waals surface area contributed by atoms with Gasteiger partial charge in [-0.25, -0.2) is 4.98 Å². The molecule has 4 aromatic rings. The van der Waals surface area contributed by atoms with Crippen molar-refractivity contribution in [2.45, 2.75) is 13.0 Å². The molecule has 6 nitrogen and oxygen atoms in total. The predicted molar refractivity (Wildman–Crippen MR) is 144 cm³/mol. The summed E-state index contributed by atoms with van der Waals surface area (Å²) in [4.78, 5) is 8.96. The van der Waals surface area contributed by atoms with Crippen LogP contribution in [0, 0.1) is 6.92 Å². The number of anilines is 1. The maximum atomic E-state index is 10.5. The summed E-state index contributed by atoms with van der Waals surface area (Å²) >= 11 is 7.37. The van der Waals surface area contributed by atoms with Gasteiger partial charge in [-0.1, -0.05) is 36.4 Å². The Morgan fingerprint density at radius 3 is 2.76 bits per heavy atom. The second-order valence-corrected chi connectivity index (χ2v) is 10.2. The number of aliphatic hydroxyl groups is 1. The molecule has 0 spiro atoms. The first-order valence-electron chi connectivity index (χ1n) is 11.5. The summed E-state index contributed by atoms with van der Waals surface area (Å²) in [5.41, 5.74) is 1.97. The number of nitrogens with zero attached hydrogens (tertiary/aromatic N) is 3. The lowest BCUT2D eigenvalue weighted by Crippen LogP contribution is -2.51. The highest BCUT2D eigenvalue weighted by Gasteiger charge is 2.21. The Balaban J connectivity index is 1.09. The molecule has 3 aromatic carbocycles. The first-order valence-corrected chi connectivity index (χ1v) is 12.7. The minimum Gasteiger partial charge on any atom is -0.491 e. The summed E-state index contributed by atoms with van der Waals surface area (Å²) in [6.45, 7) is 6.18. The minimum absolute atomic E-state index is 0.260. The number of aryl methyl sites for hydroxylation is 1. The largest absolute Gasteiger partial charge is 0.491 e. The average Bonchev–Trinajstić information content (AvgIpc) is 3.22. The maximum Gasteiger partial charge on any atom is 0.173 e. The van der Waals surface area contributed by atoms with Crippen LogP contribution in [-0.4, -0.2) is 70.4 Å². The van der Waals surface area contributed by atoms with E-state index in [1.807, 2.05) is 43.3 Å². The standard InChI is InChI=1S/C26H28N4O2S2/c1-18-27-24-15-21(9-10-25(24)34-18)32-17-20(31)16-29-11-13-30(14-12-29)26(33)28-23-8-4-6-19-5-2-3-7-22(19)23/h2-10,15,20,31H,11-14,16-17H2,1H3,(H,28,33)/t20-/m1/s1. The number of piperazine rings is 1. The Morgan fingerprint density at radius 1 is 1.12 bits per heavy atom. The van der Waals surface area contributed by atoms with E-state index in [4.69, 9.17) is 17.0 Å². The first kappa shape index (κ1) is 23.0. The fourth-order valence-electron chi connectivity index (χ4n) is 4.32. The van der Waals surface area contributed by atoms with Crippen LogP contribution in [0.2, 0.25) is 0 Å². The molecule has 1 aromatic heterocycles. The molecule has 5 rings (SSSR count). The van der Waals surface area contributed by atoms with Crippen LogP contribution in [0.15, 0.2) is 60.7 Å². The van der Waals surface area contributed by atoms with Crippen LogP contribution in [0.5, 0.6) is 5.75 Å². The van der Waals surface area contributed by atoms with Gasteiger partial charge in [0.15, 0.2) is 5.11 Å². The summed E-state index contributed by atoms with van der Waals surface area (Å²) in [5, 5.41) is 18.1. The van der Waals surface area contributed by atoms with Gasteiger partial charge in [0.05, 0.1) is 15.2 Å². The summed E-state index contributed by atoms with van der Waals surface area (Å²) in [6.07, 6.45) is -0.555. The van der Waals surface area contributed by atoms with Crippen LogP contribution in [0.1, 0.15) is 5.01 Å². The van der Waals surface area contributed by atoms with E-state index in [-0.39, 0.29) is 6.61 Å². The van der Waals surface area contributed by atoms with Gasteiger partial charge in [0.25, 0.3) is 0 Å². The molecule has 1 aliphatic heterocycles. The van der Waals surface area contributed by atoms with Crippen molar-refractivity contribution in [2.75, 3.05) is 44.6 Å². The van der Waals surface area contributed by atoms with E-state index in [1.54, 1.807) is 11.3 Å². The number of rotatable bonds is 6. The van der Waals surface area contributed by atoms with E-state index in [0.717, 1.165) is 63.3 Å². The zero-order valence-corrected chi connectivity index (χ0v) is 20.7. The van der Waals surface area contributed by atoms with Crippen molar-refractivity contribution in [1.82, 2.24) is 14.8 Å².